The minimum Gasteiger partial charge on any atom is -0.322 e. The Morgan fingerprint density at radius 2 is 1.46 bits per heavy atom. The number of carbonyl (C=O) groups excluding carboxylic acids is 1. The van der Waals surface area contributed by atoms with Gasteiger partial charge >= 0.3 is 0 Å². The van der Waals surface area contributed by atoms with E-state index < -0.39 is 10.0 Å². The van der Waals surface area contributed by atoms with Gasteiger partial charge in [0.05, 0.1) is 4.90 Å². The van der Waals surface area contributed by atoms with Gasteiger partial charge < -0.3 is 5.32 Å². The summed E-state index contributed by atoms with van der Waals surface area (Å²) in [6.45, 7) is 2.77. The molecule has 0 aromatic heterocycles. The van der Waals surface area contributed by atoms with E-state index in [4.69, 9.17) is 11.6 Å². The molecule has 8 heteroatoms. The van der Waals surface area contributed by atoms with E-state index in [1.807, 2.05) is 24.3 Å². The molecule has 1 aliphatic rings. The van der Waals surface area contributed by atoms with Gasteiger partial charge in [0.2, 0.25) is 0 Å². The van der Waals surface area contributed by atoms with Gasteiger partial charge in [-0.05, 0) is 83.8 Å². The number of fused-ring (bicyclic) bond motifs is 1. The fourth-order valence-electron chi connectivity index (χ4n) is 4.36. The highest BCUT2D eigenvalue weighted by Crippen LogP contribution is 2.22. The third-order valence-corrected chi connectivity index (χ3v) is 8.00. The van der Waals surface area contributed by atoms with E-state index in [1.165, 1.54) is 23.3 Å². The number of anilines is 2. The summed E-state index contributed by atoms with van der Waals surface area (Å²) in [5.74, 6) is -0.256. The van der Waals surface area contributed by atoms with E-state index in [-0.39, 0.29) is 10.8 Å². The number of nitrogens with one attached hydrogen (secondary N) is 2. The first kappa shape index (κ1) is 25.0. The molecule has 188 valence electrons. The molecule has 0 saturated carbocycles. The first-order valence-electron chi connectivity index (χ1n) is 11.9. The summed E-state index contributed by atoms with van der Waals surface area (Å²) in [5.41, 5.74) is 5.41. The molecule has 0 fully saturated rings. The molecular formula is C29H26ClN3O3S. The van der Waals surface area contributed by atoms with E-state index in [1.54, 1.807) is 36.4 Å². The van der Waals surface area contributed by atoms with E-state index in [2.05, 4.69) is 39.2 Å². The Morgan fingerprint density at radius 1 is 0.811 bits per heavy atom. The van der Waals surface area contributed by atoms with Gasteiger partial charge in [-0.15, -0.1) is 0 Å². The van der Waals surface area contributed by atoms with Gasteiger partial charge in [0.25, 0.3) is 15.9 Å². The number of benzene rings is 4. The second kappa shape index (κ2) is 10.8. The molecule has 6 nitrogen and oxygen atoms in total. The molecule has 2 N–H and O–H groups in total. The molecule has 1 aliphatic heterocycles. The van der Waals surface area contributed by atoms with Crippen molar-refractivity contribution in [3.63, 3.8) is 0 Å². The summed E-state index contributed by atoms with van der Waals surface area (Å²) in [6.07, 6.45) is 1.05. The maximum atomic E-state index is 12.7. The van der Waals surface area contributed by atoms with Crippen LogP contribution in [-0.2, 0) is 29.5 Å². The second-order valence-corrected chi connectivity index (χ2v) is 11.1. The number of sulfonamides is 1. The van der Waals surface area contributed by atoms with Gasteiger partial charge in [-0.2, -0.15) is 0 Å². The fourth-order valence-corrected chi connectivity index (χ4v) is 5.55. The van der Waals surface area contributed by atoms with Crippen molar-refractivity contribution in [2.75, 3.05) is 16.6 Å². The van der Waals surface area contributed by atoms with Crippen molar-refractivity contribution in [3.8, 4) is 0 Å². The van der Waals surface area contributed by atoms with Crippen molar-refractivity contribution in [1.29, 1.82) is 0 Å². The summed E-state index contributed by atoms with van der Waals surface area (Å²) in [6, 6.07) is 28.6. The van der Waals surface area contributed by atoms with Crippen LogP contribution in [0.1, 0.15) is 27.0 Å². The molecule has 0 atom stereocenters. The Morgan fingerprint density at radius 3 is 2.16 bits per heavy atom. The minimum absolute atomic E-state index is 0.0881. The monoisotopic (exact) mass is 531 g/mol. The lowest BCUT2D eigenvalue weighted by Crippen LogP contribution is -2.29. The topological polar surface area (TPSA) is 78.5 Å². The Balaban J connectivity index is 1.18. The molecule has 0 aliphatic carbocycles. The van der Waals surface area contributed by atoms with Crippen LogP contribution in [0.3, 0.4) is 0 Å². The molecule has 0 unspecified atom stereocenters. The first-order valence-corrected chi connectivity index (χ1v) is 13.8. The molecule has 4 aromatic carbocycles. The number of hydrogen-bond donors (Lipinski definition) is 2. The van der Waals surface area contributed by atoms with Gasteiger partial charge in [-0.25, -0.2) is 8.42 Å². The van der Waals surface area contributed by atoms with Crippen molar-refractivity contribution in [2.45, 2.75) is 24.4 Å². The summed E-state index contributed by atoms with van der Waals surface area (Å²) < 4.78 is 27.8. The van der Waals surface area contributed by atoms with Crippen molar-refractivity contribution in [3.05, 3.63) is 124 Å². The van der Waals surface area contributed by atoms with E-state index >= 15 is 0 Å². The van der Waals surface area contributed by atoms with Crippen LogP contribution in [-0.4, -0.2) is 25.8 Å². The second-order valence-electron chi connectivity index (χ2n) is 9.02. The lowest BCUT2D eigenvalue weighted by Gasteiger charge is -2.28. The fraction of sp³-hybridized carbons (Fsp3) is 0.138. The molecule has 0 radical (unpaired) electrons. The summed E-state index contributed by atoms with van der Waals surface area (Å²) in [5, 5.41) is 3.34. The Kier molecular flexibility index (Phi) is 7.28. The number of amides is 1. The third-order valence-electron chi connectivity index (χ3n) is 6.35. The molecule has 1 amide bonds. The highest BCUT2D eigenvalue weighted by Gasteiger charge is 2.17. The van der Waals surface area contributed by atoms with Crippen LogP contribution in [0, 0.1) is 0 Å². The van der Waals surface area contributed by atoms with Crippen molar-refractivity contribution in [2.24, 2.45) is 0 Å². The number of rotatable bonds is 7. The molecule has 0 bridgehead atoms. The average Bonchev–Trinajstić information content (AvgIpc) is 2.90. The molecule has 5 rings (SSSR count). The lowest BCUT2D eigenvalue weighted by molar-refractivity contribution is 0.102. The average molecular weight is 532 g/mol. The Labute approximate surface area is 222 Å². The zero-order valence-electron chi connectivity index (χ0n) is 20.0. The summed E-state index contributed by atoms with van der Waals surface area (Å²) >= 11 is 5.85. The van der Waals surface area contributed by atoms with E-state index in [0.717, 1.165) is 31.6 Å². The largest absolute Gasteiger partial charge is 0.322 e. The predicted octanol–water partition coefficient (Wildman–Crippen LogP) is 5.95. The maximum Gasteiger partial charge on any atom is 0.261 e. The molecule has 0 saturated heterocycles. The van der Waals surface area contributed by atoms with Crippen molar-refractivity contribution >= 4 is 38.9 Å². The molecule has 37 heavy (non-hydrogen) atoms. The van der Waals surface area contributed by atoms with Gasteiger partial charge in [0.15, 0.2) is 0 Å². The van der Waals surface area contributed by atoms with Crippen molar-refractivity contribution < 1.29 is 13.2 Å². The lowest BCUT2D eigenvalue weighted by atomic mass is 9.99. The zero-order chi connectivity index (χ0) is 25.8. The van der Waals surface area contributed by atoms with E-state index in [9.17, 15) is 13.2 Å². The van der Waals surface area contributed by atoms with Crippen LogP contribution in [0.4, 0.5) is 11.4 Å². The molecular weight excluding hydrogens is 506 g/mol. The Hall–Kier alpha value is -3.65. The molecule has 0 spiro atoms. The van der Waals surface area contributed by atoms with Gasteiger partial charge in [0.1, 0.15) is 0 Å². The van der Waals surface area contributed by atoms with Crippen LogP contribution < -0.4 is 10.0 Å². The van der Waals surface area contributed by atoms with Crippen LogP contribution in [0.2, 0.25) is 5.02 Å². The summed E-state index contributed by atoms with van der Waals surface area (Å²) in [7, 11) is -3.77. The number of hydrogen-bond acceptors (Lipinski definition) is 4. The van der Waals surface area contributed by atoms with Crippen LogP contribution >= 0.6 is 11.6 Å². The van der Waals surface area contributed by atoms with Gasteiger partial charge in [-0.3, -0.25) is 14.4 Å². The number of halogens is 1. The molecule has 4 aromatic rings. The van der Waals surface area contributed by atoms with Gasteiger partial charge in [-0.1, -0.05) is 48.0 Å². The summed E-state index contributed by atoms with van der Waals surface area (Å²) in [4.78, 5) is 15.2. The Bertz CT molecular complexity index is 1500. The highest BCUT2D eigenvalue weighted by atomic mass is 35.5. The quantitative estimate of drug-likeness (QED) is 0.309. The smallest absolute Gasteiger partial charge is 0.261 e. The van der Waals surface area contributed by atoms with E-state index in [0.29, 0.717) is 22.0 Å². The normalized spacial score (nSPS) is 13.5. The van der Waals surface area contributed by atoms with Crippen LogP contribution in [0.5, 0.6) is 0 Å². The standard InChI is InChI=1S/C29H26ClN3O3S/c30-25-9-11-27(12-10-25)32-37(35,36)28-15-13-26(14-16-28)31-29(34)23-7-5-21(6-8-23)19-33-18-17-22-3-1-2-4-24(22)20-33/h1-16,32H,17-20H2,(H,31,34). The predicted molar refractivity (Wildman–Crippen MR) is 147 cm³/mol. The van der Waals surface area contributed by atoms with Crippen LogP contribution in [0.25, 0.3) is 0 Å². The SMILES string of the molecule is O=C(Nc1ccc(S(=O)(=O)Nc2ccc(Cl)cc2)cc1)c1ccc(CN2CCc3ccccc3C2)cc1. The zero-order valence-corrected chi connectivity index (χ0v) is 21.6. The highest BCUT2D eigenvalue weighted by molar-refractivity contribution is 7.92. The van der Waals surface area contributed by atoms with Crippen molar-refractivity contribution in [1.82, 2.24) is 4.90 Å². The van der Waals surface area contributed by atoms with Gasteiger partial charge in [0, 0.05) is 41.6 Å². The number of nitrogens with zero attached hydrogens (tertiary/aromatic N) is 1. The van der Waals surface area contributed by atoms with Crippen LogP contribution in [0.15, 0.2) is 102 Å². The minimum atomic E-state index is -3.77. The third kappa shape index (κ3) is 6.20. The maximum absolute atomic E-state index is 12.7. The number of carbonyl (C=O) groups is 1. The molecule has 1 heterocycles. The first-order chi connectivity index (χ1) is 17.9.